The lowest BCUT2D eigenvalue weighted by Gasteiger charge is -2.28. The molecule has 0 unspecified atom stereocenters. The average molecular weight is 402 g/mol. The molecule has 0 radical (unpaired) electrons. The van der Waals surface area contributed by atoms with E-state index in [1.165, 1.54) is 5.69 Å². The SMILES string of the molecule is NC(=NCc1ccc(N2CCOCC2)cc1)Nc1cccc(Oc2ccccc2)c1. The average Bonchev–Trinajstić information content (AvgIpc) is 2.80. The van der Waals surface area contributed by atoms with Crippen LogP contribution in [0.15, 0.2) is 83.9 Å². The molecule has 0 atom stereocenters. The summed E-state index contributed by atoms with van der Waals surface area (Å²) in [5.41, 5.74) is 9.23. The predicted molar refractivity (Wildman–Crippen MR) is 121 cm³/mol. The van der Waals surface area contributed by atoms with Crippen LogP contribution in [0, 0.1) is 0 Å². The Bertz CT molecular complexity index is 968. The van der Waals surface area contributed by atoms with Crippen molar-refractivity contribution in [1.82, 2.24) is 0 Å². The van der Waals surface area contributed by atoms with Crippen LogP contribution < -0.4 is 20.7 Å². The van der Waals surface area contributed by atoms with Crippen LogP contribution in [0.1, 0.15) is 5.56 Å². The van der Waals surface area contributed by atoms with E-state index >= 15 is 0 Å². The number of para-hydroxylation sites is 1. The smallest absolute Gasteiger partial charge is 0.193 e. The molecule has 1 aliphatic rings. The minimum Gasteiger partial charge on any atom is -0.457 e. The monoisotopic (exact) mass is 402 g/mol. The number of hydrogen-bond donors (Lipinski definition) is 2. The maximum Gasteiger partial charge on any atom is 0.193 e. The molecular formula is C24H26N4O2. The van der Waals surface area contributed by atoms with Gasteiger partial charge in [0.2, 0.25) is 0 Å². The molecule has 6 heteroatoms. The number of anilines is 2. The first-order valence-corrected chi connectivity index (χ1v) is 10.1. The lowest BCUT2D eigenvalue weighted by molar-refractivity contribution is 0.122. The zero-order chi connectivity index (χ0) is 20.6. The maximum atomic E-state index is 6.08. The standard InChI is InChI=1S/C24H26N4O2/c25-24(26-18-19-9-11-21(12-10-19)28-13-15-29-16-14-28)27-20-5-4-8-23(17-20)30-22-6-2-1-3-7-22/h1-12,17H,13-16,18H2,(H3,25,26,27). The molecule has 0 amide bonds. The second kappa shape index (κ2) is 9.80. The van der Waals surface area contributed by atoms with E-state index in [0.717, 1.165) is 49.1 Å². The van der Waals surface area contributed by atoms with Crippen LogP contribution in [-0.4, -0.2) is 32.3 Å². The Morgan fingerprint density at radius 3 is 2.43 bits per heavy atom. The number of benzene rings is 3. The van der Waals surface area contributed by atoms with Crippen molar-refractivity contribution in [1.29, 1.82) is 0 Å². The number of guanidine groups is 1. The summed E-state index contributed by atoms with van der Waals surface area (Å²) in [5.74, 6) is 1.89. The third-order valence-corrected chi connectivity index (χ3v) is 4.83. The normalized spacial score (nSPS) is 14.4. The van der Waals surface area contributed by atoms with E-state index in [1.807, 2.05) is 54.6 Å². The second-order valence-electron chi connectivity index (χ2n) is 7.04. The van der Waals surface area contributed by atoms with Gasteiger partial charge in [0.05, 0.1) is 19.8 Å². The zero-order valence-corrected chi connectivity index (χ0v) is 16.8. The van der Waals surface area contributed by atoms with Gasteiger partial charge in [-0.25, -0.2) is 4.99 Å². The molecule has 30 heavy (non-hydrogen) atoms. The fraction of sp³-hybridized carbons (Fsp3) is 0.208. The molecule has 0 saturated carbocycles. The molecular weight excluding hydrogens is 376 g/mol. The van der Waals surface area contributed by atoms with E-state index < -0.39 is 0 Å². The molecule has 3 aromatic carbocycles. The summed E-state index contributed by atoms with van der Waals surface area (Å²) in [6.45, 7) is 3.95. The van der Waals surface area contributed by atoms with Crippen molar-refractivity contribution in [3.63, 3.8) is 0 Å². The Balaban J connectivity index is 1.33. The van der Waals surface area contributed by atoms with Gasteiger partial charge in [-0.15, -0.1) is 0 Å². The van der Waals surface area contributed by atoms with Gasteiger partial charge in [-0.1, -0.05) is 36.4 Å². The molecule has 1 fully saturated rings. The molecule has 6 nitrogen and oxygen atoms in total. The fourth-order valence-electron chi connectivity index (χ4n) is 3.26. The molecule has 1 heterocycles. The summed E-state index contributed by atoms with van der Waals surface area (Å²) in [6, 6.07) is 25.8. The van der Waals surface area contributed by atoms with Crippen molar-refractivity contribution in [2.24, 2.45) is 10.7 Å². The van der Waals surface area contributed by atoms with E-state index in [4.69, 9.17) is 15.2 Å². The number of rotatable bonds is 6. The zero-order valence-electron chi connectivity index (χ0n) is 16.8. The minimum absolute atomic E-state index is 0.365. The second-order valence-corrected chi connectivity index (χ2v) is 7.04. The van der Waals surface area contributed by atoms with Gasteiger partial charge in [-0.2, -0.15) is 0 Å². The summed E-state index contributed by atoms with van der Waals surface area (Å²) in [6.07, 6.45) is 0. The highest BCUT2D eigenvalue weighted by Crippen LogP contribution is 2.23. The van der Waals surface area contributed by atoms with Crippen LogP contribution in [0.2, 0.25) is 0 Å². The number of nitrogens with two attached hydrogens (primary N) is 1. The summed E-state index contributed by atoms with van der Waals surface area (Å²) in [5, 5.41) is 3.13. The van der Waals surface area contributed by atoms with E-state index in [2.05, 4.69) is 39.5 Å². The van der Waals surface area contributed by atoms with Crippen LogP contribution >= 0.6 is 0 Å². The Kier molecular flexibility index (Phi) is 6.47. The molecule has 154 valence electrons. The van der Waals surface area contributed by atoms with E-state index in [-0.39, 0.29) is 0 Å². The lowest BCUT2D eigenvalue weighted by Crippen LogP contribution is -2.36. The molecule has 4 rings (SSSR count). The van der Waals surface area contributed by atoms with Gasteiger partial charge in [0.15, 0.2) is 5.96 Å². The Morgan fingerprint density at radius 1 is 0.933 bits per heavy atom. The van der Waals surface area contributed by atoms with Gasteiger partial charge in [0, 0.05) is 30.5 Å². The Morgan fingerprint density at radius 2 is 1.67 bits per heavy atom. The molecule has 1 saturated heterocycles. The highest BCUT2D eigenvalue weighted by Gasteiger charge is 2.10. The molecule has 0 spiro atoms. The molecule has 1 aliphatic heterocycles. The fourth-order valence-corrected chi connectivity index (χ4v) is 3.26. The molecule has 0 aliphatic carbocycles. The minimum atomic E-state index is 0.365. The van der Waals surface area contributed by atoms with E-state index in [9.17, 15) is 0 Å². The van der Waals surface area contributed by atoms with Crippen molar-refractivity contribution in [3.8, 4) is 11.5 Å². The van der Waals surface area contributed by atoms with Crippen molar-refractivity contribution in [2.45, 2.75) is 6.54 Å². The van der Waals surface area contributed by atoms with Crippen molar-refractivity contribution < 1.29 is 9.47 Å². The molecule has 3 N–H and O–H groups in total. The van der Waals surface area contributed by atoms with Gasteiger partial charge in [0.1, 0.15) is 11.5 Å². The maximum absolute atomic E-state index is 6.08. The number of hydrogen-bond acceptors (Lipinski definition) is 4. The first-order valence-electron chi connectivity index (χ1n) is 10.1. The van der Waals surface area contributed by atoms with Crippen LogP contribution in [-0.2, 0) is 11.3 Å². The predicted octanol–water partition coefficient (Wildman–Crippen LogP) is 4.24. The molecule has 0 bridgehead atoms. The Labute approximate surface area is 177 Å². The largest absolute Gasteiger partial charge is 0.457 e. The van der Waals surface area contributed by atoms with Crippen molar-refractivity contribution >= 4 is 17.3 Å². The third kappa shape index (κ3) is 5.52. The van der Waals surface area contributed by atoms with Gasteiger partial charge in [-0.05, 0) is 42.0 Å². The first-order chi connectivity index (χ1) is 14.8. The lowest BCUT2D eigenvalue weighted by atomic mass is 10.2. The first kappa shape index (κ1) is 19.8. The van der Waals surface area contributed by atoms with Gasteiger partial charge < -0.3 is 25.4 Å². The third-order valence-electron chi connectivity index (χ3n) is 4.83. The molecule has 0 aromatic heterocycles. The van der Waals surface area contributed by atoms with Crippen molar-refractivity contribution in [3.05, 3.63) is 84.4 Å². The number of ether oxygens (including phenoxy) is 2. The molecule has 3 aromatic rings. The van der Waals surface area contributed by atoms with Crippen LogP contribution in [0.5, 0.6) is 11.5 Å². The van der Waals surface area contributed by atoms with Crippen LogP contribution in [0.3, 0.4) is 0 Å². The summed E-state index contributed by atoms with van der Waals surface area (Å²) < 4.78 is 11.3. The van der Waals surface area contributed by atoms with Gasteiger partial charge in [-0.3, -0.25) is 0 Å². The number of morpholine rings is 1. The van der Waals surface area contributed by atoms with Crippen LogP contribution in [0.4, 0.5) is 11.4 Å². The summed E-state index contributed by atoms with van der Waals surface area (Å²) in [4.78, 5) is 6.78. The number of nitrogens with zero attached hydrogens (tertiary/aromatic N) is 2. The Hall–Kier alpha value is -3.51. The summed E-state index contributed by atoms with van der Waals surface area (Å²) >= 11 is 0. The van der Waals surface area contributed by atoms with Gasteiger partial charge in [0.25, 0.3) is 0 Å². The van der Waals surface area contributed by atoms with Crippen molar-refractivity contribution in [2.75, 3.05) is 36.5 Å². The van der Waals surface area contributed by atoms with Gasteiger partial charge >= 0.3 is 0 Å². The number of aliphatic imine (C=N–C) groups is 1. The quantitative estimate of drug-likeness (QED) is 0.477. The summed E-state index contributed by atoms with van der Waals surface area (Å²) in [7, 11) is 0. The van der Waals surface area contributed by atoms with E-state index in [1.54, 1.807) is 0 Å². The highest BCUT2D eigenvalue weighted by atomic mass is 16.5. The topological polar surface area (TPSA) is 72.1 Å². The number of nitrogens with one attached hydrogen (secondary N) is 1. The highest BCUT2D eigenvalue weighted by molar-refractivity contribution is 5.92. The van der Waals surface area contributed by atoms with Crippen LogP contribution in [0.25, 0.3) is 0 Å². The van der Waals surface area contributed by atoms with E-state index in [0.29, 0.717) is 12.5 Å².